The zero-order valence-electron chi connectivity index (χ0n) is 19.0. The highest BCUT2D eigenvalue weighted by atomic mass is 16.2. The standard InChI is InChI=1S/C25H34N4O2/c1-4-5-6-7-12-26-24(30)21-9-11-23(27-18-21)28-13-15-29(16-14-28)25(31)22-10-8-19(2)17-20(22)3/h8-11,17-18H,4-7,12-16H2,1-3H3,(H,26,30). The van der Waals surface area contributed by atoms with E-state index in [0.29, 0.717) is 25.2 Å². The Kier molecular flexibility index (Phi) is 8.04. The van der Waals surface area contributed by atoms with Crippen molar-refractivity contribution in [1.29, 1.82) is 0 Å². The fraction of sp³-hybridized carbons (Fsp3) is 0.480. The number of carbonyl (C=O) groups is 2. The molecule has 6 nitrogen and oxygen atoms in total. The van der Waals surface area contributed by atoms with Crippen LogP contribution < -0.4 is 10.2 Å². The molecule has 0 bridgehead atoms. The molecule has 166 valence electrons. The Morgan fingerprint density at radius 2 is 1.77 bits per heavy atom. The van der Waals surface area contributed by atoms with E-state index in [1.807, 2.05) is 43.0 Å². The van der Waals surface area contributed by atoms with Crippen LogP contribution in [0.3, 0.4) is 0 Å². The van der Waals surface area contributed by atoms with Crippen molar-refractivity contribution in [2.24, 2.45) is 0 Å². The molecule has 3 rings (SSSR count). The summed E-state index contributed by atoms with van der Waals surface area (Å²) in [4.78, 5) is 33.7. The van der Waals surface area contributed by atoms with Gasteiger partial charge in [0.2, 0.25) is 0 Å². The van der Waals surface area contributed by atoms with Crippen molar-refractivity contribution in [3.05, 3.63) is 58.8 Å². The predicted molar refractivity (Wildman–Crippen MR) is 125 cm³/mol. The highest BCUT2D eigenvalue weighted by Gasteiger charge is 2.24. The number of hydrogen-bond donors (Lipinski definition) is 1. The minimum atomic E-state index is -0.0700. The Bertz CT molecular complexity index is 887. The van der Waals surface area contributed by atoms with Crippen molar-refractivity contribution in [3.63, 3.8) is 0 Å². The third-order valence-electron chi connectivity index (χ3n) is 5.83. The van der Waals surface area contributed by atoms with Crippen LogP contribution in [0.5, 0.6) is 0 Å². The van der Waals surface area contributed by atoms with Gasteiger partial charge in [0.05, 0.1) is 5.56 Å². The maximum absolute atomic E-state index is 12.9. The molecule has 1 fully saturated rings. The van der Waals surface area contributed by atoms with Gasteiger partial charge < -0.3 is 15.1 Å². The topological polar surface area (TPSA) is 65.5 Å². The Morgan fingerprint density at radius 3 is 2.42 bits per heavy atom. The van der Waals surface area contributed by atoms with E-state index in [9.17, 15) is 9.59 Å². The molecule has 0 atom stereocenters. The number of nitrogens with one attached hydrogen (secondary N) is 1. The van der Waals surface area contributed by atoms with Crippen LogP contribution in [0, 0.1) is 13.8 Å². The van der Waals surface area contributed by atoms with Crippen LogP contribution in [0.2, 0.25) is 0 Å². The normalized spacial score (nSPS) is 13.9. The van der Waals surface area contributed by atoms with Crippen molar-refractivity contribution in [1.82, 2.24) is 15.2 Å². The summed E-state index contributed by atoms with van der Waals surface area (Å²) in [5, 5.41) is 2.96. The second-order valence-electron chi connectivity index (χ2n) is 8.32. The quantitative estimate of drug-likeness (QED) is 0.654. The lowest BCUT2D eigenvalue weighted by atomic mass is 10.0. The van der Waals surface area contributed by atoms with E-state index in [4.69, 9.17) is 0 Å². The molecule has 1 aromatic heterocycles. The molecule has 1 saturated heterocycles. The van der Waals surface area contributed by atoms with Gasteiger partial charge in [0, 0.05) is 44.5 Å². The number of anilines is 1. The van der Waals surface area contributed by atoms with Crippen LogP contribution in [-0.2, 0) is 0 Å². The van der Waals surface area contributed by atoms with Gasteiger partial charge in [-0.2, -0.15) is 0 Å². The number of unbranched alkanes of at least 4 members (excludes halogenated alkanes) is 3. The van der Waals surface area contributed by atoms with E-state index >= 15 is 0 Å². The molecule has 2 aromatic rings. The smallest absolute Gasteiger partial charge is 0.254 e. The summed E-state index contributed by atoms with van der Waals surface area (Å²) in [6.07, 6.45) is 6.19. The summed E-state index contributed by atoms with van der Waals surface area (Å²) in [7, 11) is 0. The first-order valence-corrected chi connectivity index (χ1v) is 11.4. The van der Waals surface area contributed by atoms with E-state index in [0.717, 1.165) is 42.9 Å². The molecule has 0 spiro atoms. The van der Waals surface area contributed by atoms with Crippen molar-refractivity contribution in [2.75, 3.05) is 37.6 Å². The maximum Gasteiger partial charge on any atom is 0.254 e. The SMILES string of the molecule is CCCCCCNC(=O)c1ccc(N2CCN(C(=O)c3ccc(C)cc3C)CC2)nc1. The number of nitrogens with zero attached hydrogens (tertiary/aromatic N) is 3. The summed E-state index contributed by atoms with van der Waals surface area (Å²) in [6.45, 7) is 9.69. The van der Waals surface area contributed by atoms with E-state index in [-0.39, 0.29) is 11.8 Å². The van der Waals surface area contributed by atoms with Crippen LogP contribution in [0.25, 0.3) is 0 Å². The first kappa shape index (κ1) is 22.8. The summed E-state index contributed by atoms with van der Waals surface area (Å²) in [5.41, 5.74) is 3.55. The molecular formula is C25H34N4O2. The maximum atomic E-state index is 12.9. The van der Waals surface area contributed by atoms with Crippen molar-refractivity contribution in [3.8, 4) is 0 Å². The number of amides is 2. The lowest BCUT2D eigenvalue weighted by molar-refractivity contribution is 0.0745. The highest BCUT2D eigenvalue weighted by Crippen LogP contribution is 2.18. The van der Waals surface area contributed by atoms with Crippen molar-refractivity contribution < 1.29 is 9.59 Å². The van der Waals surface area contributed by atoms with Gasteiger partial charge in [-0.05, 0) is 44.0 Å². The molecule has 2 amide bonds. The van der Waals surface area contributed by atoms with E-state index in [2.05, 4.69) is 28.2 Å². The average molecular weight is 423 g/mol. The molecule has 0 radical (unpaired) electrons. The first-order chi connectivity index (χ1) is 15.0. The monoisotopic (exact) mass is 422 g/mol. The van der Waals surface area contributed by atoms with Gasteiger partial charge in [0.15, 0.2) is 0 Å². The number of piperazine rings is 1. The molecule has 1 N–H and O–H groups in total. The number of rotatable bonds is 8. The van der Waals surface area contributed by atoms with Crippen LogP contribution >= 0.6 is 0 Å². The predicted octanol–water partition coefficient (Wildman–Crippen LogP) is 3.97. The zero-order valence-corrected chi connectivity index (χ0v) is 19.0. The molecule has 2 heterocycles. The number of aromatic nitrogens is 1. The third-order valence-corrected chi connectivity index (χ3v) is 5.83. The van der Waals surface area contributed by atoms with Crippen molar-refractivity contribution in [2.45, 2.75) is 46.5 Å². The number of pyridine rings is 1. The largest absolute Gasteiger partial charge is 0.353 e. The van der Waals surface area contributed by atoms with Crippen LogP contribution in [-0.4, -0.2) is 54.4 Å². The lowest BCUT2D eigenvalue weighted by Gasteiger charge is -2.35. The Morgan fingerprint density at radius 1 is 1.00 bits per heavy atom. The van der Waals surface area contributed by atoms with Gasteiger partial charge >= 0.3 is 0 Å². The second kappa shape index (κ2) is 10.9. The molecule has 1 aliphatic heterocycles. The highest BCUT2D eigenvalue weighted by molar-refractivity contribution is 5.96. The minimum absolute atomic E-state index is 0.0700. The average Bonchev–Trinajstić information content (AvgIpc) is 2.78. The summed E-state index contributed by atoms with van der Waals surface area (Å²) in [5.74, 6) is 0.869. The second-order valence-corrected chi connectivity index (χ2v) is 8.32. The summed E-state index contributed by atoms with van der Waals surface area (Å²) >= 11 is 0. The first-order valence-electron chi connectivity index (χ1n) is 11.4. The fourth-order valence-corrected chi connectivity index (χ4v) is 3.93. The molecule has 0 aliphatic carbocycles. The number of benzene rings is 1. The summed E-state index contributed by atoms with van der Waals surface area (Å²) < 4.78 is 0. The Labute approximate surface area is 185 Å². The fourth-order valence-electron chi connectivity index (χ4n) is 3.93. The van der Waals surface area contributed by atoms with E-state index in [1.54, 1.807) is 6.20 Å². The van der Waals surface area contributed by atoms with Gasteiger partial charge in [-0.15, -0.1) is 0 Å². The van der Waals surface area contributed by atoms with E-state index < -0.39 is 0 Å². The zero-order chi connectivity index (χ0) is 22.2. The van der Waals surface area contributed by atoms with Crippen LogP contribution in [0.4, 0.5) is 5.82 Å². The molecule has 31 heavy (non-hydrogen) atoms. The van der Waals surface area contributed by atoms with Gasteiger partial charge in [-0.3, -0.25) is 9.59 Å². The van der Waals surface area contributed by atoms with Crippen LogP contribution in [0.1, 0.15) is 64.4 Å². The molecule has 0 unspecified atom stereocenters. The molecule has 1 aliphatic rings. The van der Waals surface area contributed by atoms with Crippen molar-refractivity contribution >= 4 is 17.6 Å². The molecule has 0 saturated carbocycles. The Balaban J connectivity index is 1.50. The number of hydrogen-bond acceptors (Lipinski definition) is 4. The lowest BCUT2D eigenvalue weighted by Crippen LogP contribution is -2.49. The van der Waals surface area contributed by atoms with Crippen LogP contribution in [0.15, 0.2) is 36.5 Å². The number of aryl methyl sites for hydroxylation is 2. The molecule has 1 aromatic carbocycles. The summed E-state index contributed by atoms with van der Waals surface area (Å²) in [6, 6.07) is 9.69. The van der Waals surface area contributed by atoms with Gasteiger partial charge in [0.25, 0.3) is 11.8 Å². The third kappa shape index (κ3) is 6.06. The van der Waals surface area contributed by atoms with Gasteiger partial charge in [0.1, 0.15) is 5.82 Å². The number of carbonyl (C=O) groups excluding carboxylic acids is 2. The van der Waals surface area contributed by atoms with Gasteiger partial charge in [-0.1, -0.05) is 43.9 Å². The molecular weight excluding hydrogens is 388 g/mol. The van der Waals surface area contributed by atoms with E-state index in [1.165, 1.54) is 18.4 Å². The minimum Gasteiger partial charge on any atom is -0.353 e. The molecule has 6 heteroatoms. The van der Waals surface area contributed by atoms with Gasteiger partial charge in [-0.25, -0.2) is 4.98 Å². The Hall–Kier alpha value is -2.89.